The number of aryl methyl sites for hydroxylation is 2. The first-order chi connectivity index (χ1) is 10.3. The smallest absolute Gasteiger partial charge is 0.307 e. The quantitative estimate of drug-likeness (QED) is 0.866. The predicted molar refractivity (Wildman–Crippen MR) is 77.8 cm³/mol. The summed E-state index contributed by atoms with van der Waals surface area (Å²) in [5.74, 6) is 0.277. The number of nitrogens with one attached hydrogen (secondary N) is 2. The lowest BCUT2D eigenvalue weighted by atomic mass is 10.1. The summed E-state index contributed by atoms with van der Waals surface area (Å²) in [4.78, 5) is 15.9. The van der Waals surface area contributed by atoms with Gasteiger partial charge in [0.25, 0.3) is 0 Å². The van der Waals surface area contributed by atoms with E-state index in [0.29, 0.717) is 5.69 Å². The van der Waals surface area contributed by atoms with Crippen LogP contribution in [0.2, 0.25) is 0 Å². The maximum atomic E-state index is 12.8. The zero-order valence-corrected chi connectivity index (χ0v) is 12.0. The van der Waals surface area contributed by atoms with E-state index < -0.39 is 17.8 Å². The van der Waals surface area contributed by atoms with Gasteiger partial charge in [-0.2, -0.15) is 13.2 Å². The molecule has 0 unspecified atom stereocenters. The lowest BCUT2D eigenvalue weighted by molar-refractivity contribution is -0.136. The van der Waals surface area contributed by atoms with Crippen LogP contribution in [0.1, 0.15) is 16.8 Å². The third-order valence-corrected chi connectivity index (χ3v) is 2.82. The van der Waals surface area contributed by atoms with Crippen molar-refractivity contribution in [3.63, 3.8) is 0 Å². The normalized spacial score (nSPS) is 11.1. The highest BCUT2D eigenvalue weighted by atomic mass is 19.4. The molecule has 0 aliphatic rings. The minimum atomic E-state index is -4.54. The molecular formula is C15H14F3N3O. The van der Waals surface area contributed by atoms with E-state index in [-0.39, 0.29) is 11.5 Å². The number of halogens is 3. The van der Waals surface area contributed by atoms with Crippen molar-refractivity contribution < 1.29 is 18.0 Å². The van der Waals surface area contributed by atoms with Crippen molar-refractivity contribution in [2.75, 3.05) is 10.6 Å². The maximum absolute atomic E-state index is 12.8. The van der Waals surface area contributed by atoms with E-state index in [1.165, 1.54) is 18.2 Å². The lowest BCUT2D eigenvalue weighted by Gasteiger charge is -2.14. The average molecular weight is 309 g/mol. The number of carbonyl (C=O) groups is 1. The number of para-hydroxylation sites is 1. The number of hydrogen-bond acceptors (Lipinski definition) is 2. The topological polar surface area (TPSA) is 54.0 Å². The fourth-order valence-corrected chi connectivity index (χ4v) is 2.01. The molecule has 0 atom stereocenters. The van der Waals surface area contributed by atoms with E-state index in [2.05, 4.69) is 15.6 Å². The molecule has 1 aromatic carbocycles. The minimum Gasteiger partial charge on any atom is -0.307 e. The molecule has 0 aliphatic carbocycles. The summed E-state index contributed by atoms with van der Waals surface area (Å²) < 4.78 is 38.5. The van der Waals surface area contributed by atoms with Gasteiger partial charge in [0.05, 0.1) is 11.3 Å². The highest BCUT2D eigenvalue weighted by Gasteiger charge is 2.33. The number of aromatic nitrogens is 1. The molecule has 116 valence electrons. The number of urea groups is 1. The number of carbonyl (C=O) groups excluding carboxylic acids is 1. The van der Waals surface area contributed by atoms with Crippen LogP contribution in [0, 0.1) is 13.8 Å². The molecular weight excluding hydrogens is 295 g/mol. The van der Waals surface area contributed by atoms with Gasteiger partial charge in [-0.15, -0.1) is 0 Å². The maximum Gasteiger partial charge on any atom is 0.418 e. The zero-order chi connectivity index (χ0) is 16.3. The average Bonchev–Trinajstić information content (AvgIpc) is 2.36. The molecule has 0 saturated carbocycles. The molecule has 0 spiro atoms. The van der Waals surface area contributed by atoms with Gasteiger partial charge in [0, 0.05) is 5.69 Å². The first-order valence-corrected chi connectivity index (χ1v) is 6.45. The molecule has 2 aromatic rings. The second kappa shape index (κ2) is 6.05. The first-order valence-electron chi connectivity index (χ1n) is 6.45. The van der Waals surface area contributed by atoms with Gasteiger partial charge in [-0.05, 0) is 43.7 Å². The van der Waals surface area contributed by atoms with Gasteiger partial charge in [-0.25, -0.2) is 9.78 Å². The Bertz CT molecular complexity index is 678. The van der Waals surface area contributed by atoms with Gasteiger partial charge in [-0.3, -0.25) is 5.32 Å². The summed E-state index contributed by atoms with van der Waals surface area (Å²) in [5.41, 5.74) is 0.375. The highest BCUT2D eigenvalue weighted by Crippen LogP contribution is 2.34. The molecule has 7 heteroatoms. The number of alkyl halides is 3. The van der Waals surface area contributed by atoms with E-state index in [1.807, 2.05) is 13.0 Å². The van der Waals surface area contributed by atoms with Crippen LogP contribution >= 0.6 is 0 Å². The Morgan fingerprint density at radius 1 is 1.09 bits per heavy atom. The predicted octanol–water partition coefficient (Wildman–Crippen LogP) is 4.36. The Balaban J connectivity index is 2.16. The Morgan fingerprint density at radius 2 is 1.77 bits per heavy atom. The number of rotatable bonds is 2. The van der Waals surface area contributed by atoms with Gasteiger partial charge in [0.1, 0.15) is 5.82 Å². The number of nitrogens with zero attached hydrogens (tertiary/aromatic N) is 1. The zero-order valence-electron chi connectivity index (χ0n) is 12.0. The Morgan fingerprint density at radius 3 is 2.41 bits per heavy atom. The molecule has 1 aromatic heterocycles. The first kappa shape index (κ1) is 15.8. The molecule has 0 radical (unpaired) electrons. The summed E-state index contributed by atoms with van der Waals surface area (Å²) in [5, 5.41) is 4.62. The highest BCUT2D eigenvalue weighted by molar-refractivity contribution is 5.99. The van der Waals surface area contributed by atoms with Gasteiger partial charge in [-0.1, -0.05) is 12.1 Å². The van der Waals surface area contributed by atoms with Crippen LogP contribution in [-0.2, 0) is 6.18 Å². The van der Waals surface area contributed by atoms with E-state index >= 15 is 0 Å². The van der Waals surface area contributed by atoms with Gasteiger partial charge >= 0.3 is 12.2 Å². The number of amides is 2. The second-order valence-electron chi connectivity index (χ2n) is 4.79. The molecule has 22 heavy (non-hydrogen) atoms. The van der Waals surface area contributed by atoms with Crippen LogP contribution in [0.15, 0.2) is 36.4 Å². The van der Waals surface area contributed by atoms with Gasteiger partial charge in [0.2, 0.25) is 0 Å². The van der Waals surface area contributed by atoms with Gasteiger partial charge < -0.3 is 5.32 Å². The van der Waals surface area contributed by atoms with Crippen LogP contribution in [0.3, 0.4) is 0 Å². The number of benzene rings is 1. The van der Waals surface area contributed by atoms with Crippen molar-refractivity contribution in [3.8, 4) is 0 Å². The summed E-state index contributed by atoms with van der Waals surface area (Å²) in [7, 11) is 0. The molecule has 1 heterocycles. The van der Waals surface area contributed by atoms with E-state index in [1.54, 1.807) is 13.0 Å². The molecule has 0 bridgehead atoms. The van der Waals surface area contributed by atoms with Crippen LogP contribution in [0.4, 0.5) is 29.5 Å². The fraction of sp³-hybridized carbons (Fsp3) is 0.200. The van der Waals surface area contributed by atoms with E-state index in [9.17, 15) is 18.0 Å². The molecule has 2 N–H and O–H groups in total. The van der Waals surface area contributed by atoms with Crippen molar-refractivity contribution in [3.05, 3.63) is 53.2 Å². The van der Waals surface area contributed by atoms with Crippen LogP contribution in [0.5, 0.6) is 0 Å². The molecule has 4 nitrogen and oxygen atoms in total. The van der Waals surface area contributed by atoms with Gasteiger partial charge in [0.15, 0.2) is 0 Å². The Hall–Kier alpha value is -2.57. The van der Waals surface area contributed by atoms with Crippen molar-refractivity contribution >= 4 is 17.5 Å². The Labute approximate surface area is 125 Å². The minimum absolute atomic E-state index is 0.277. The monoisotopic (exact) mass is 309 g/mol. The van der Waals surface area contributed by atoms with Crippen molar-refractivity contribution in [2.45, 2.75) is 20.0 Å². The molecule has 2 rings (SSSR count). The summed E-state index contributed by atoms with van der Waals surface area (Å²) in [6.07, 6.45) is -4.54. The van der Waals surface area contributed by atoms with E-state index in [4.69, 9.17) is 0 Å². The summed E-state index contributed by atoms with van der Waals surface area (Å²) in [6.45, 7) is 3.59. The standard InChI is InChI=1S/C15H14F3N3O/c1-9-7-10(2)19-13(8-9)21-14(22)20-12-6-4-3-5-11(12)15(16,17)18/h3-8H,1-2H3,(H2,19,20,21,22). The number of pyridine rings is 1. The lowest BCUT2D eigenvalue weighted by Crippen LogP contribution is -2.22. The summed E-state index contributed by atoms with van der Waals surface area (Å²) >= 11 is 0. The van der Waals surface area contributed by atoms with Crippen molar-refractivity contribution in [1.82, 2.24) is 4.98 Å². The van der Waals surface area contributed by atoms with Crippen molar-refractivity contribution in [2.24, 2.45) is 0 Å². The number of hydrogen-bond donors (Lipinski definition) is 2. The number of anilines is 2. The third kappa shape index (κ3) is 3.97. The molecule has 0 fully saturated rings. The molecule has 0 saturated heterocycles. The van der Waals surface area contributed by atoms with E-state index in [0.717, 1.165) is 11.6 Å². The Kier molecular flexibility index (Phi) is 4.35. The van der Waals surface area contributed by atoms with Crippen LogP contribution in [0.25, 0.3) is 0 Å². The van der Waals surface area contributed by atoms with Crippen molar-refractivity contribution in [1.29, 1.82) is 0 Å². The molecule has 0 aliphatic heterocycles. The van der Waals surface area contributed by atoms with Crippen LogP contribution < -0.4 is 10.6 Å². The molecule has 2 amide bonds. The fourth-order valence-electron chi connectivity index (χ4n) is 2.01. The summed E-state index contributed by atoms with van der Waals surface area (Å²) in [6, 6.07) is 7.44. The van der Waals surface area contributed by atoms with Crippen LogP contribution in [-0.4, -0.2) is 11.0 Å². The third-order valence-electron chi connectivity index (χ3n) is 2.82. The largest absolute Gasteiger partial charge is 0.418 e. The second-order valence-corrected chi connectivity index (χ2v) is 4.79. The SMILES string of the molecule is Cc1cc(C)nc(NC(=O)Nc2ccccc2C(F)(F)F)c1.